The predicted molar refractivity (Wildman–Crippen MR) is 99.3 cm³/mol. The van der Waals surface area contributed by atoms with Crippen molar-refractivity contribution in [3.63, 3.8) is 0 Å². The Hall–Kier alpha value is -2.15. The van der Waals surface area contributed by atoms with Gasteiger partial charge in [0.1, 0.15) is 5.76 Å². The molecular formula is C20H27N5O2. The van der Waals surface area contributed by atoms with E-state index in [0.29, 0.717) is 11.6 Å². The maximum Gasteiger partial charge on any atom is 0.276 e. The second-order valence-electron chi connectivity index (χ2n) is 8.36. The molecule has 3 saturated heterocycles. The number of rotatable bonds is 3. The Kier molecular flexibility index (Phi) is 4.27. The number of hydrogen-bond donors (Lipinski definition) is 1. The van der Waals surface area contributed by atoms with Gasteiger partial charge in [-0.2, -0.15) is 0 Å². The first kappa shape index (κ1) is 17.0. The normalized spacial score (nSPS) is 25.4. The van der Waals surface area contributed by atoms with Gasteiger partial charge in [0.05, 0.1) is 12.0 Å². The summed E-state index contributed by atoms with van der Waals surface area (Å²) >= 11 is 0. The first-order valence-electron chi connectivity index (χ1n) is 10.2. The van der Waals surface area contributed by atoms with Gasteiger partial charge in [0, 0.05) is 49.9 Å². The van der Waals surface area contributed by atoms with Gasteiger partial charge in [-0.05, 0) is 44.9 Å². The molecule has 2 aromatic heterocycles. The monoisotopic (exact) mass is 369 g/mol. The number of piperidine rings is 1. The molecule has 0 saturated carbocycles. The van der Waals surface area contributed by atoms with Crippen LogP contribution in [0.15, 0.2) is 10.9 Å². The number of aryl methyl sites for hydroxylation is 2. The molecule has 2 aromatic rings. The molecule has 0 aromatic carbocycles. The number of amides is 1. The van der Waals surface area contributed by atoms with E-state index in [9.17, 15) is 4.79 Å². The molecule has 1 aliphatic carbocycles. The minimum Gasteiger partial charge on any atom is -0.360 e. The van der Waals surface area contributed by atoms with Gasteiger partial charge in [-0.25, -0.2) is 4.98 Å². The predicted octanol–water partition coefficient (Wildman–Crippen LogP) is 2.32. The van der Waals surface area contributed by atoms with Crippen molar-refractivity contribution < 1.29 is 9.32 Å². The van der Waals surface area contributed by atoms with E-state index < -0.39 is 0 Å². The summed E-state index contributed by atoms with van der Waals surface area (Å²) in [6.45, 7) is 5.70. The van der Waals surface area contributed by atoms with Crippen molar-refractivity contribution in [1.82, 2.24) is 24.9 Å². The molecule has 6 rings (SSSR count). The van der Waals surface area contributed by atoms with Crippen molar-refractivity contribution in [2.45, 2.75) is 58.0 Å². The van der Waals surface area contributed by atoms with Crippen LogP contribution in [0.2, 0.25) is 0 Å². The Morgan fingerprint density at radius 2 is 2.15 bits per heavy atom. The molecule has 1 N–H and O–H groups in total. The molecule has 5 heterocycles. The fraction of sp³-hybridized carbons (Fsp3) is 0.650. The van der Waals surface area contributed by atoms with Crippen LogP contribution in [-0.2, 0) is 19.4 Å². The first-order chi connectivity index (χ1) is 13.2. The zero-order chi connectivity index (χ0) is 18.4. The lowest BCUT2D eigenvalue weighted by Gasteiger charge is -2.36. The van der Waals surface area contributed by atoms with Gasteiger partial charge in [-0.3, -0.25) is 9.69 Å². The molecule has 0 unspecified atom stereocenters. The summed E-state index contributed by atoms with van der Waals surface area (Å²) in [6, 6.07) is 0.256. The number of carbonyl (C=O) groups is 1. The number of H-pyrrole nitrogens is 1. The van der Waals surface area contributed by atoms with Crippen LogP contribution < -0.4 is 0 Å². The number of nitrogens with zero attached hydrogens (tertiary/aromatic N) is 4. The van der Waals surface area contributed by atoms with E-state index in [1.54, 1.807) is 6.33 Å². The van der Waals surface area contributed by atoms with E-state index in [-0.39, 0.29) is 11.9 Å². The lowest BCUT2D eigenvalue weighted by Crippen LogP contribution is -2.47. The maximum atomic E-state index is 13.3. The molecule has 1 amide bonds. The van der Waals surface area contributed by atoms with Gasteiger partial charge in [0.2, 0.25) is 0 Å². The van der Waals surface area contributed by atoms with Crippen LogP contribution in [0.25, 0.3) is 0 Å². The minimum atomic E-state index is 0.0781. The average molecular weight is 369 g/mol. The third-order valence-corrected chi connectivity index (χ3v) is 6.51. The van der Waals surface area contributed by atoms with Crippen LogP contribution in [0.1, 0.15) is 58.9 Å². The summed E-state index contributed by atoms with van der Waals surface area (Å²) in [5, 5.41) is 4.18. The van der Waals surface area contributed by atoms with Crippen LogP contribution in [0.5, 0.6) is 0 Å². The quantitative estimate of drug-likeness (QED) is 0.898. The Bertz CT molecular complexity index is 841. The SMILES string of the molecule is Cc1[nH]cnc1CN1C[C@H]2CC[C@@H](C1)N(C(=O)c1noc3c1CCCC3)C2. The molecule has 144 valence electrons. The molecule has 2 bridgehead atoms. The van der Waals surface area contributed by atoms with Gasteiger partial charge < -0.3 is 14.4 Å². The van der Waals surface area contributed by atoms with E-state index in [4.69, 9.17) is 4.52 Å². The number of fused-ring (bicyclic) bond motifs is 5. The Balaban J connectivity index is 1.35. The maximum absolute atomic E-state index is 13.3. The minimum absolute atomic E-state index is 0.0781. The number of carbonyl (C=O) groups excluding carboxylic acids is 1. The molecule has 7 nitrogen and oxygen atoms in total. The number of aromatic nitrogens is 3. The highest BCUT2D eigenvalue weighted by atomic mass is 16.5. The molecule has 4 aliphatic rings. The molecule has 3 fully saturated rings. The summed E-state index contributed by atoms with van der Waals surface area (Å²) in [6.07, 6.45) is 8.13. The van der Waals surface area contributed by atoms with E-state index in [2.05, 4.69) is 31.8 Å². The van der Waals surface area contributed by atoms with Gasteiger partial charge in [-0.15, -0.1) is 0 Å². The molecule has 2 atom stereocenters. The zero-order valence-electron chi connectivity index (χ0n) is 15.9. The smallest absolute Gasteiger partial charge is 0.276 e. The van der Waals surface area contributed by atoms with Crippen molar-refractivity contribution in [2.24, 2.45) is 5.92 Å². The van der Waals surface area contributed by atoms with Crippen LogP contribution in [0, 0.1) is 12.8 Å². The first-order valence-corrected chi connectivity index (χ1v) is 10.2. The fourth-order valence-electron chi connectivity index (χ4n) is 5.00. The summed E-state index contributed by atoms with van der Waals surface area (Å²) in [5.74, 6) is 1.53. The molecule has 7 heteroatoms. The number of hydrogen-bond acceptors (Lipinski definition) is 5. The van der Waals surface area contributed by atoms with Gasteiger partial charge in [-0.1, -0.05) is 5.16 Å². The third kappa shape index (κ3) is 3.08. The topological polar surface area (TPSA) is 78.3 Å². The lowest BCUT2D eigenvalue weighted by atomic mass is 9.93. The van der Waals surface area contributed by atoms with Crippen LogP contribution >= 0.6 is 0 Å². The van der Waals surface area contributed by atoms with Crippen LogP contribution in [0.4, 0.5) is 0 Å². The van der Waals surface area contributed by atoms with Gasteiger partial charge in [0.25, 0.3) is 5.91 Å². The number of aromatic amines is 1. The molecular weight excluding hydrogens is 342 g/mol. The van der Waals surface area contributed by atoms with Crippen molar-refractivity contribution >= 4 is 5.91 Å². The third-order valence-electron chi connectivity index (χ3n) is 6.51. The number of imidazole rings is 1. The summed E-state index contributed by atoms with van der Waals surface area (Å²) < 4.78 is 5.50. The highest BCUT2D eigenvalue weighted by Crippen LogP contribution is 2.32. The largest absolute Gasteiger partial charge is 0.360 e. The van der Waals surface area contributed by atoms with Crippen LogP contribution in [-0.4, -0.2) is 56.5 Å². The van der Waals surface area contributed by atoms with Gasteiger partial charge >= 0.3 is 0 Å². The highest BCUT2D eigenvalue weighted by molar-refractivity contribution is 5.94. The van der Waals surface area contributed by atoms with E-state index in [0.717, 1.165) is 81.0 Å². The van der Waals surface area contributed by atoms with E-state index in [1.807, 2.05) is 0 Å². The molecule has 27 heavy (non-hydrogen) atoms. The number of nitrogens with one attached hydrogen (secondary N) is 1. The summed E-state index contributed by atoms with van der Waals surface area (Å²) in [4.78, 5) is 25.5. The van der Waals surface area contributed by atoms with E-state index in [1.165, 1.54) is 6.42 Å². The van der Waals surface area contributed by atoms with Crippen LogP contribution in [0.3, 0.4) is 0 Å². The lowest BCUT2D eigenvalue weighted by molar-refractivity contribution is 0.0573. The zero-order valence-corrected chi connectivity index (χ0v) is 15.9. The standard InChI is InChI=1S/C20H27N5O2/c1-13-17(22-12-21-13)11-24-8-14-6-7-15(10-24)25(9-14)20(26)19-16-4-2-3-5-18(16)27-23-19/h12,14-15H,2-11H2,1H3,(H,21,22)/t14-,15+/m1/s1. The molecule has 0 spiro atoms. The van der Waals surface area contributed by atoms with Crippen molar-refractivity contribution in [3.05, 3.63) is 34.7 Å². The van der Waals surface area contributed by atoms with E-state index >= 15 is 0 Å². The second-order valence-corrected chi connectivity index (χ2v) is 8.36. The Morgan fingerprint density at radius 3 is 3.00 bits per heavy atom. The van der Waals surface area contributed by atoms with Crippen molar-refractivity contribution in [1.29, 1.82) is 0 Å². The Morgan fingerprint density at radius 1 is 1.26 bits per heavy atom. The average Bonchev–Trinajstić information content (AvgIpc) is 3.17. The van der Waals surface area contributed by atoms with Gasteiger partial charge in [0.15, 0.2) is 5.69 Å². The Labute approximate surface area is 159 Å². The van der Waals surface area contributed by atoms with Crippen molar-refractivity contribution in [2.75, 3.05) is 19.6 Å². The summed E-state index contributed by atoms with van der Waals surface area (Å²) in [7, 11) is 0. The summed E-state index contributed by atoms with van der Waals surface area (Å²) in [5.41, 5.74) is 3.89. The molecule has 0 radical (unpaired) electrons. The molecule has 3 aliphatic heterocycles. The van der Waals surface area contributed by atoms with Crippen molar-refractivity contribution in [3.8, 4) is 0 Å². The fourth-order valence-corrected chi connectivity index (χ4v) is 5.00. The highest BCUT2D eigenvalue weighted by Gasteiger charge is 2.39. The second kappa shape index (κ2) is 6.78.